The highest BCUT2D eigenvalue weighted by Gasteiger charge is 1.94. The van der Waals surface area contributed by atoms with E-state index in [4.69, 9.17) is 5.41 Å². The Morgan fingerprint density at radius 3 is 3.00 bits per heavy atom. The normalized spacial score (nSPS) is 9.93. The van der Waals surface area contributed by atoms with Crippen LogP contribution in [0.15, 0.2) is 24.4 Å². The van der Waals surface area contributed by atoms with Gasteiger partial charge in [0.05, 0.1) is 0 Å². The molecule has 0 bridgehead atoms. The molecule has 1 aromatic heterocycles. The van der Waals surface area contributed by atoms with Crippen LogP contribution in [0.5, 0.6) is 0 Å². The highest BCUT2D eigenvalue weighted by Crippen LogP contribution is 2.00. The van der Waals surface area contributed by atoms with Crippen LogP contribution in [0, 0.1) is 5.41 Å². The minimum Gasteiger partial charge on any atom is -0.365 e. The Hall–Kier alpha value is -1.03. The zero-order chi connectivity index (χ0) is 10.9. The largest absolute Gasteiger partial charge is 0.365 e. The van der Waals surface area contributed by atoms with E-state index in [9.17, 15) is 0 Å². The molecule has 3 nitrogen and oxygen atoms in total. The minimum atomic E-state index is 0.549. The van der Waals surface area contributed by atoms with Crippen molar-refractivity contribution in [1.82, 2.24) is 10.3 Å². The maximum Gasteiger partial charge on any atom is 0.153 e. The average Bonchev–Trinajstić information content (AvgIpc) is 2.29. The Morgan fingerprint density at radius 1 is 1.47 bits per heavy atom. The van der Waals surface area contributed by atoms with E-state index in [0.717, 1.165) is 31.5 Å². The summed E-state index contributed by atoms with van der Waals surface area (Å²) in [6.07, 6.45) is 6.96. The lowest BCUT2D eigenvalue weighted by atomic mass is 10.2. The third-order valence-electron chi connectivity index (χ3n) is 2.08. The lowest BCUT2D eigenvalue weighted by molar-refractivity contribution is 0.702. The molecule has 0 unspecified atom stereocenters. The predicted octanol–water partition coefficient (Wildman–Crippen LogP) is 2.29. The fourth-order valence-corrected chi connectivity index (χ4v) is 1.50. The molecule has 0 atom stereocenters. The first-order valence-corrected chi connectivity index (χ1v) is 6.31. The molecule has 1 heterocycles. The highest BCUT2D eigenvalue weighted by atomic mass is 32.2. The zero-order valence-corrected chi connectivity index (χ0v) is 9.81. The van der Waals surface area contributed by atoms with Crippen LogP contribution in [0.25, 0.3) is 0 Å². The van der Waals surface area contributed by atoms with Crippen molar-refractivity contribution in [2.24, 2.45) is 0 Å². The van der Waals surface area contributed by atoms with E-state index in [2.05, 4.69) is 16.4 Å². The topological polar surface area (TPSA) is 48.8 Å². The van der Waals surface area contributed by atoms with Gasteiger partial charge in [-0.15, -0.1) is 0 Å². The molecule has 0 saturated heterocycles. The third-order valence-corrected chi connectivity index (χ3v) is 2.63. The summed E-state index contributed by atoms with van der Waals surface area (Å²) in [6, 6.07) is 6.01. The number of aromatic nitrogens is 1. The molecule has 0 aliphatic carbocycles. The van der Waals surface area contributed by atoms with Gasteiger partial charge >= 0.3 is 0 Å². The van der Waals surface area contributed by atoms with Crippen molar-refractivity contribution in [2.75, 3.05) is 12.8 Å². The second kappa shape index (κ2) is 7.29. The number of pyridine rings is 1. The summed E-state index contributed by atoms with van der Waals surface area (Å²) >= 11 is 1.44. The Balaban J connectivity index is 2.05. The van der Waals surface area contributed by atoms with Crippen LogP contribution in [0.4, 0.5) is 0 Å². The van der Waals surface area contributed by atoms with Gasteiger partial charge in [-0.3, -0.25) is 10.4 Å². The van der Waals surface area contributed by atoms with Crippen molar-refractivity contribution in [1.29, 1.82) is 5.41 Å². The Bertz CT molecular complexity index is 287. The van der Waals surface area contributed by atoms with E-state index >= 15 is 0 Å². The first kappa shape index (κ1) is 12.0. The molecule has 0 aliphatic rings. The monoisotopic (exact) mass is 223 g/mol. The van der Waals surface area contributed by atoms with Crippen LogP contribution in [-0.2, 0) is 6.42 Å². The van der Waals surface area contributed by atoms with Crippen molar-refractivity contribution < 1.29 is 0 Å². The average molecular weight is 223 g/mol. The first-order valence-electron chi connectivity index (χ1n) is 5.09. The quantitative estimate of drug-likeness (QED) is 0.457. The van der Waals surface area contributed by atoms with Crippen molar-refractivity contribution in [3.63, 3.8) is 0 Å². The number of unbranched alkanes of at least 4 members (excludes halogenated alkanes) is 1. The van der Waals surface area contributed by atoms with Crippen molar-refractivity contribution >= 4 is 16.9 Å². The Labute approximate surface area is 95.2 Å². The van der Waals surface area contributed by atoms with Gasteiger partial charge in [-0.1, -0.05) is 17.8 Å². The maximum absolute atomic E-state index is 7.38. The van der Waals surface area contributed by atoms with Gasteiger partial charge in [0.15, 0.2) is 5.17 Å². The number of nitrogens with zero attached hydrogens (tertiary/aromatic N) is 1. The Kier molecular flexibility index (Phi) is 5.85. The van der Waals surface area contributed by atoms with Gasteiger partial charge in [-0.25, -0.2) is 0 Å². The van der Waals surface area contributed by atoms with Gasteiger partial charge in [-0.2, -0.15) is 0 Å². The molecular formula is C11H17N3S. The van der Waals surface area contributed by atoms with Crippen LogP contribution >= 0.6 is 11.8 Å². The molecular weight excluding hydrogens is 206 g/mol. The number of hydrogen-bond donors (Lipinski definition) is 2. The molecule has 15 heavy (non-hydrogen) atoms. The van der Waals surface area contributed by atoms with Gasteiger partial charge in [0, 0.05) is 18.4 Å². The third kappa shape index (κ3) is 5.42. The van der Waals surface area contributed by atoms with Crippen molar-refractivity contribution in [2.45, 2.75) is 19.3 Å². The number of nitrogens with one attached hydrogen (secondary N) is 2. The molecule has 2 N–H and O–H groups in total. The van der Waals surface area contributed by atoms with E-state index in [-0.39, 0.29) is 0 Å². The van der Waals surface area contributed by atoms with Crippen LogP contribution < -0.4 is 5.32 Å². The smallest absolute Gasteiger partial charge is 0.153 e. The number of amidine groups is 1. The summed E-state index contributed by atoms with van der Waals surface area (Å²) in [5.41, 5.74) is 1.15. The molecule has 82 valence electrons. The van der Waals surface area contributed by atoms with Crippen molar-refractivity contribution in [3.05, 3.63) is 30.1 Å². The van der Waals surface area contributed by atoms with Crippen LogP contribution in [0.1, 0.15) is 18.5 Å². The number of rotatable bonds is 5. The summed E-state index contributed by atoms with van der Waals surface area (Å²) < 4.78 is 0. The molecule has 1 rings (SSSR count). The Morgan fingerprint density at radius 2 is 2.33 bits per heavy atom. The first-order chi connectivity index (χ1) is 7.33. The maximum atomic E-state index is 7.38. The standard InChI is InChI=1S/C11H17N3S/c1-15-11(12)14-9-5-3-7-10-6-2-4-8-13-10/h2,4,6,8H,3,5,7,9H2,1H3,(H2,12,14). The molecule has 0 aliphatic heterocycles. The van der Waals surface area contributed by atoms with Crippen molar-refractivity contribution in [3.8, 4) is 0 Å². The van der Waals surface area contributed by atoms with E-state index in [1.165, 1.54) is 11.8 Å². The van der Waals surface area contributed by atoms with E-state index < -0.39 is 0 Å². The summed E-state index contributed by atoms with van der Waals surface area (Å²) in [5, 5.41) is 11.0. The molecule has 4 heteroatoms. The molecule has 0 aromatic carbocycles. The van der Waals surface area contributed by atoms with Crippen LogP contribution in [-0.4, -0.2) is 23.0 Å². The lowest BCUT2D eigenvalue weighted by Gasteiger charge is -2.04. The zero-order valence-electron chi connectivity index (χ0n) is 8.99. The van der Waals surface area contributed by atoms with E-state index in [0.29, 0.717) is 5.17 Å². The molecule has 0 radical (unpaired) electrons. The fraction of sp³-hybridized carbons (Fsp3) is 0.455. The second-order valence-corrected chi connectivity index (χ2v) is 4.05. The van der Waals surface area contributed by atoms with Gasteiger partial charge in [-0.05, 0) is 37.7 Å². The SMILES string of the molecule is CSC(=N)NCCCCc1ccccn1. The lowest BCUT2D eigenvalue weighted by Crippen LogP contribution is -2.20. The number of aryl methyl sites for hydroxylation is 1. The number of hydrogen-bond acceptors (Lipinski definition) is 3. The number of thioether (sulfide) groups is 1. The molecule has 0 saturated carbocycles. The van der Waals surface area contributed by atoms with E-state index in [1.54, 1.807) is 0 Å². The second-order valence-electron chi connectivity index (χ2n) is 3.24. The summed E-state index contributed by atoms with van der Waals surface area (Å²) in [7, 11) is 0. The van der Waals surface area contributed by atoms with Gasteiger partial charge in [0.1, 0.15) is 0 Å². The molecule has 0 amide bonds. The van der Waals surface area contributed by atoms with Crippen LogP contribution in [0.3, 0.4) is 0 Å². The highest BCUT2D eigenvalue weighted by molar-refractivity contribution is 8.13. The minimum absolute atomic E-state index is 0.549. The van der Waals surface area contributed by atoms with Gasteiger partial charge < -0.3 is 5.32 Å². The molecule has 0 fully saturated rings. The summed E-state index contributed by atoms with van der Waals surface area (Å²) in [5.74, 6) is 0. The summed E-state index contributed by atoms with van der Waals surface area (Å²) in [4.78, 5) is 4.26. The van der Waals surface area contributed by atoms with Crippen LogP contribution in [0.2, 0.25) is 0 Å². The molecule has 1 aromatic rings. The van der Waals surface area contributed by atoms with Gasteiger partial charge in [0.25, 0.3) is 0 Å². The van der Waals surface area contributed by atoms with Gasteiger partial charge in [0.2, 0.25) is 0 Å². The summed E-state index contributed by atoms with van der Waals surface area (Å²) in [6.45, 7) is 0.881. The van der Waals surface area contributed by atoms with E-state index in [1.807, 2.05) is 24.6 Å². The molecule has 0 spiro atoms. The predicted molar refractivity (Wildman–Crippen MR) is 66.4 cm³/mol. The fourth-order valence-electron chi connectivity index (χ4n) is 1.25.